The first-order chi connectivity index (χ1) is 10.5. The van der Waals surface area contributed by atoms with E-state index in [0.29, 0.717) is 29.9 Å². The summed E-state index contributed by atoms with van der Waals surface area (Å²) in [7, 11) is 0. The van der Waals surface area contributed by atoms with Gasteiger partial charge in [-0.3, -0.25) is 0 Å². The molecule has 0 heterocycles. The van der Waals surface area contributed by atoms with E-state index in [2.05, 4.69) is 31.1 Å². The van der Waals surface area contributed by atoms with Gasteiger partial charge >= 0.3 is 0 Å². The predicted molar refractivity (Wildman–Crippen MR) is 86.4 cm³/mol. The largest absolute Gasteiger partial charge is 0.508 e. The monoisotopic (exact) mass is 294 g/mol. The molecule has 1 aromatic carbocycles. The number of terminal acetylenes is 1. The van der Waals surface area contributed by atoms with Gasteiger partial charge in [-0.15, -0.1) is 6.42 Å². The molecule has 0 spiro atoms. The molecular weight excluding hydrogens is 272 g/mol. The molecule has 0 radical (unpaired) electrons. The fourth-order valence-electron chi connectivity index (χ4n) is 5.26. The molecule has 3 aliphatic carbocycles. The average molecular weight is 294 g/mol. The van der Waals surface area contributed by atoms with Gasteiger partial charge in [0.05, 0.1) is 0 Å². The molecule has 2 heteroatoms. The first kappa shape index (κ1) is 13.9. The van der Waals surface area contributed by atoms with Crippen LogP contribution in [-0.4, -0.2) is 15.8 Å². The fraction of sp³-hybridized carbons (Fsp3) is 0.500. The van der Waals surface area contributed by atoms with E-state index in [0.717, 1.165) is 19.3 Å². The highest BCUT2D eigenvalue weighted by molar-refractivity contribution is 5.44. The van der Waals surface area contributed by atoms with Crippen LogP contribution in [-0.2, 0) is 6.42 Å². The first-order valence-corrected chi connectivity index (χ1v) is 8.20. The number of phenols is 1. The van der Waals surface area contributed by atoms with Crippen LogP contribution in [0.3, 0.4) is 0 Å². The van der Waals surface area contributed by atoms with Gasteiger partial charge in [0.1, 0.15) is 11.4 Å². The number of rotatable bonds is 0. The van der Waals surface area contributed by atoms with Crippen molar-refractivity contribution >= 4 is 0 Å². The number of aliphatic hydroxyl groups is 1. The molecule has 2 nitrogen and oxygen atoms in total. The summed E-state index contributed by atoms with van der Waals surface area (Å²) in [6, 6.07) is 5.76. The Morgan fingerprint density at radius 3 is 2.91 bits per heavy atom. The van der Waals surface area contributed by atoms with E-state index >= 15 is 0 Å². The van der Waals surface area contributed by atoms with Crippen molar-refractivity contribution in [2.24, 2.45) is 17.3 Å². The lowest BCUT2D eigenvalue weighted by atomic mass is 9.57. The Labute approximate surface area is 131 Å². The molecule has 0 amide bonds. The molecule has 1 saturated carbocycles. The van der Waals surface area contributed by atoms with Crippen molar-refractivity contribution in [3.8, 4) is 18.1 Å². The van der Waals surface area contributed by atoms with Crippen molar-refractivity contribution in [3.63, 3.8) is 0 Å². The summed E-state index contributed by atoms with van der Waals surface area (Å²) in [6.07, 6.45) is 13.9. The molecule has 2 N–H and O–H groups in total. The Balaban J connectivity index is 1.80. The quantitative estimate of drug-likeness (QED) is 0.569. The van der Waals surface area contributed by atoms with Crippen molar-refractivity contribution in [1.29, 1.82) is 0 Å². The first-order valence-electron chi connectivity index (χ1n) is 8.20. The summed E-state index contributed by atoms with van der Waals surface area (Å²) < 4.78 is 0. The smallest absolute Gasteiger partial charge is 0.134 e. The van der Waals surface area contributed by atoms with Crippen molar-refractivity contribution in [3.05, 3.63) is 41.5 Å². The van der Waals surface area contributed by atoms with Crippen molar-refractivity contribution in [1.82, 2.24) is 0 Å². The number of hydrogen-bond donors (Lipinski definition) is 2. The molecule has 22 heavy (non-hydrogen) atoms. The van der Waals surface area contributed by atoms with Crippen molar-refractivity contribution < 1.29 is 10.2 Å². The molecular formula is C20H22O2. The Morgan fingerprint density at radius 1 is 1.32 bits per heavy atom. The Hall–Kier alpha value is -1.72. The minimum Gasteiger partial charge on any atom is -0.508 e. The second-order valence-corrected chi connectivity index (χ2v) is 7.40. The number of hydrogen-bond acceptors (Lipinski definition) is 2. The third-order valence-corrected chi connectivity index (χ3v) is 6.58. The van der Waals surface area contributed by atoms with Crippen molar-refractivity contribution in [2.45, 2.75) is 44.1 Å². The molecule has 1 aromatic rings. The molecule has 0 aromatic heterocycles. The molecule has 3 aliphatic rings. The van der Waals surface area contributed by atoms with E-state index in [9.17, 15) is 10.2 Å². The molecule has 1 fully saturated rings. The summed E-state index contributed by atoms with van der Waals surface area (Å²) in [5.74, 6) is 4.39. The molecule has 114 valence electrons. The third kappa shape index (κ3) is 1.61. The van der Waals surface area contributed by atoms with Crippen LogP contribution in [0.1, 0.15) is 43.2 Å². The summed E-state index contributed by atoms with van der Waals surface area (Å²) in [4.78, 5) is 0. The lowest BCUT2D eigenvalue weighted by Gasteiger charge is -2.48. The number of phenolic OH excluding ortho intramolecular Hbond substituents is 1. The maximum atomic E-state index is 10.9. The molecule has 5 atom stereocenters. The SMILES string of the molecule is C#C[C@]1(O)CC[C@H]2[C@@H]3CCc4cc(O)ccc4[C@H]3C=C[C@@]21C. The second-order valence-electron chi connectivity index (χ2n) is 7.40. The average Bonchev–Trinajstić information content (AvgIpc) is 2.79. The molecule has 0 saturated heterocycles. The molecule has 4 rings (SSSR count). The Kier molecular flexibility index (Phi) is 2.78. The van der Waals surface area contributed by atoms with Crippen molar-refractivity contribution in [2.75, 3.05) is 0 Å². The minimum absolute atomic E-state index is 0.308. The van der Waals surface area contributed by atoms with Gasteiger partial charge in [-0.2, -0.15) is 0 Å². The topological polar surface area (TPSA) is 40.5 Å². The zero-order valence-corrected chi connectivity index (χ0v) is 12.9. The van der Waals surface area contributed by atoms with Crippen LogP contribution in [0, 0.1) is 29.6 Å². The van der Waals surface area contributed by atoms with Gasteiger partial charge in [-0.25, -0.2) is 0 Å². The van der Waals surface area contributed by atoms with Gasteiger partial charge in [0, 0.05) is 11.3 Å². The Bertz CT molecular complexity index is 698. The van der Waals surface area contributed by atoms with E-state index in [4.69, 9.17) is 6.42 Å². The zero-order chi connectivity index (χ0) is 15.5. The van der Waals surface area contributed by atoms with Crippen LogP contribution >= 0.6 is 0 Å². The maximum absolute atomic E-state index is 10.9. The predicted octanol–water partition coefficient (Wildman–Crippen LogP) is 3.39. The number of aromatic hydroxyl groups is 1. The van der Waals surface area contributed by atoms with Gasteiger partial charge < -0.3 is 10.2 Å². The molecule has 0 unspecified atom stereocenters. The van der Waals surface area contributed by atoms with Crippen LogP contribution in [0.15, 0.2) is 30.4 Å². The lowest BCUT2D eigenvalue weighted by Crippen LogP contribution is -2.47. The second kappa shape index (κ2) is 4.40. The van der Waals surface area contributed by atoms with Gasteiger partial charge in [0.15, 0.2) is 0 Å². The van der Waals surface area contributed by atoms with Crippen LogP contribution in [0.5, 0.6) is 5.75 Å². The third-order valence-electron chi connectivity index (χ3n) is 6.58. The Morgan fingerprint density at radius 2 is 2.14 bits per heavy atom. The highest BCUT2D eigenvalue weighted by Gasteiger charge is 2.59. The van der Waals surface area contributed by atoms with Crippen LogP contribution in [0.4, 0.5) is 0 Å². The van der Waals surface area contributed by atoms with Crippen LogP contribution in [0.2, 0.25) is 0 Å². The van der Waals surface area contributed by atoms with Gasteiger partial charge in [0.25, 0.3) is 0 Å². The molecule has 0 bridgehead atoms. The standard InChI is InChI=1S/C20H22O2/c1-3-20(22)11-9-18-17-6-4-13-12-14(21)5-7-15(13)16(17)8-10-19(18,20)2/h1,5,7-8,10,12,16-18,21-22H,4,6,9,11H2,2H3/t16-,17-,18+,19+,20+/m1/s1. The molecule has 0 aliphatic heterocycles. The number of allylic oxidation sites excluding steroid dienone is 1. The maximum Gasteiger partial charge on any atom is 0.134 e. The van der Waals surface area contributed by atoms with E-state index in [-0.39, 0.29) is 5.41 Å². The van der Waals surface area contributed by atoms with E-state index in [1.807, 2.05) is 6.07 Å². The van der Waals surface area contributed by atoms with Crippen LogP contribution < -0.4 is 0 Å². The minimum atomic E-state index is -1.01. The van der Waals surface area contributed by atoms with Gasteiger partial charge in [-0.1, -0.05) is 31.1 Å². The number of benzene rings is 1. The van der Waals surface area contributed by atoms with Crippen LogP contribution in [0.25, 0.3) is 0 Å². The summed E-state index contributed by atoms with van der Waals surface area (Å²) in [5, 5.41) is 20.6. The van der Waals surface area contributed by atoms with E-state index in [1.54, 1.807) is 6.07 Å². The van der Waals surface area contributed by atoms with E-state index < -0.39 is 5.60 Å². The summed E-state index contributed by atoms with van der Waals surface area (Å²) >= 11 is 0. The number of fused-ring (bicyclic) bond motifs is 5. The number of aryl methyl sites for hydroxylation is 1. The highest BCUT2D eigenvalue weighted by Crippen LogP contribution is 2.61. The summed E-state index contributed by atoms with van der Waals surface area (Å²) in [6.45, 7) is 2.13. The zero-order valence-electron chi connectivity index (χ0n) is 12.9. The highest BCUT2D eigenvalue weighted by atomic mass is 16.3. The fourth-order valence-corrected chi connectivity index (χ4v) is 5.26. The normalized spacial score (nSPS) is 42.1. The lowest BCUT2D eigenvalue weighted by molar-refractivity contribution is -0.00866. The summed E-state index contributed by atoms with van der Waals surface area (Å²) in [5.41, 5.74) is 1.29. The van der Waals surface area contributed by atoms with Gasteiger partial charge in [-0.05, 0) is 60.8 Å². The van der Waals surface area contributed by atoms with E-state index in [1.165, 1.54) is 11.1 Å². The van der Waals surface area contributed by atoms with Gasteiger partial charge in [0.2, 0.25) is 0 Å².